The number of fused-ring (bicyclic) bond motifs is 2. The second-order valence-electron chi connectivity index (χ2n) is 21.8. The van der Waals surface area contributed by atoms with Crippen molar-refractivity contribution in [1.29, 1.82) is 0 Å². The van der Waals surface area contributed by atoms with Crippen LogP contribution >= 0.6 is 0 Å². The topological polar surface area (TPSA) is 175 Å². The summed E-state index contributed by atoms with van der Waals surface area (Å²) in [5, 5.41) is 5.58. The number of hydrogen-bond acceptors (Lipinski definition) is 8. The van der Waals surface area contributed by atoms with E-state index in [0.717, 1.165) is 109 Å². The van der Waals surface area contributed by atoms with Gasteiger partial charge >= 0.3 is 12.2 Å². The van der Waals surface area contributed by atoms with E-state index >= 15 is 0 Å². The van der Waals surface area contributed by atoms with Crippen LogP contribution in [0.3, 0.4) is 0 Å². The van der Waals surface area contributed by atoms with E-state index in [1.165, 1.54) is 47.6 Å². The molecule has 8 aliphatic rings. The minimum absolute atomic E-state index is 0.0963. The van der Waals surface area contributed by atoms with Crippen molar-refractivity contribution in [2.24, 2.45) is 22.7 Å². The van der Waals surface area contributed by atoms with Crippen molar-refractivity contribution in [3.05, 3.63) is 107 Å². The number of H-pyrrole nitrogens is 2. The van der Waals surface area contributed by atoms with Gasteiger partial charge in [0.05, 0.1) is 48.4 Å². The molecule has 2 spiro atoms. The SMILES string of the molecule is COC(=O)NC(C(=O)N1CC2(CC2)C[C@H]1c1nc2cc(-c3cc4ccc3CCc3ccc(c(-c5ccc6[nH]c([C@@H]7CC8(CC8)CN7C(=O)C(NC(=O)OC)C(C)C)nc6c5)c3)CC4)ccc2[nH]1)C(C)C. The summed E-state index contributed by atoms with van der Waals surface area (Å²) in [7, 11) is 2.64. The molecule has 14 nitrogen and oxygen atoms in total. The summed E-state index contributed by atoms with van der Waals surface area (Å²) in [4.78, 5) is 74.2. The summed E-state index contributed by atoms with van der Waals surface area (Å²) in [6.45, 7) is 9.09. The smallest absolute Gasteiger partial charge is 0.407 e. The summed E-state index contributed by atoms with van der Waals surface area (Å²) in [6.07, 6.45) is 8.32. The van der Waals surface area contributed by atoms with Crippen LogP contribution in [0.2, 0.25) is 0 Å². The number of hydrogen-bond donors (Lipinski definition) is 4. The van der Waals surface area contributed by atoms with Crippen molar-refractivity contribution in [2.45, 2.75) is 116 Å². The molecule has 4 aromatic carbocycles. The first-order valence-corrected chi connectivity index (χ1v) is 25.3. The molecule has 2 unspecified atom stereocenters. The zero-order valence-electron chi connectivity index (χ0n) is 41.1. The normalized spacial score (nSPS) is 20.6. The first kappa shape index (κ1) is 45.7. The summed E-state index contributed by atoms with van der Waals surface area (Å²) in [5.74, 6) is 1.17. The Morgan fingerprint density at radius 2 is 1.00 bits per heavy atom. The van der Waals surface area contributed by atoms with E-state index < -0.39 is 24.3 Å². The number of methoxy groups -OCH3 is 2. The van der Waals surface area contributed by atoms with Crippen molar-refractivity contribution in [3.63, 3.8) is 0 Å². The standard InChI is InChI=1S/C56H64N8O6/c1-31(2)47(61-53(67)69-5)51(65)63-29-55(19-20-55)27-45(63)49-57-41-17-15-37(25-43(41)59-49)39-23-33-7-11-35(39)13-9-34-8-12-36(14-10-33)40(24-34)38-16-18-42-44(26-38)60-50(58-42)46-28-56(21-22-56)30-64(46)52(66)48(32(3)4)62-54(68)70-6/h7-8,11-12,15-18,23-26,31-32,45-48H,9-10,13-14,19-22,27-30H2,1-6H3,(H,57,59)(H,58,60)(H,61,67)(H,62,68)/t45-,46-,47?,48?/m0/s1. The molecule has 4 N–H and O–H groups in total. The van der Waals surface area contributed by atoms with Gasteiger partial charge in [-0.1, -0.05) is 76.2 Å². The molecule has 4 atom stereocenters. The van der Waals surface area contributed by atoms with Crippen LogP contribution in [0.1, 0.15) is 112 Å². The van der Waals surface area contributed by atoms with Crippen LogP contribution in [0, 0.1) is 22.7 Å². The monoisotopic (exact) mass is 944 g/mol. The maximum absolute atomic E-state index is 14.1. The molecule has 4 heterocycles. The molecular formula is C56H64N8O6. The Labute approximate surface area is 408 Å². The number of carbonyl (C=O) groups excluding carboxylic acids is 4. The Morgan fingerprint density at radius 3 is 1.37 bits per heavy atom. The Bertz CT molecular complexity index is 2850. The Kier molecular flexibility index (Phi) is 11.5. The minimum atomic E-state index is -0.691. The molecule has 364 valence electrons. The number of carbonyl (C=O) groups is 4. The third-order valence-electron chi connectivity index (χ3n) is 16.3. The first-order chi connectivity index (χ1) is 33.7. The van der Waals surface area contributed by atoms with E-state index in [1.54, 1.807) is 0 Å². The van der Waals surface area contributed by atoms with Gasteiger partial charge in [-0.05, 0) is 156 Å². The molecule has 2 aliphatic heterocycles. The van der Waals surface area contributed by atoms with Crippen molar-refractivity contribution in [2.75, 3.05) is 27.3 Å². The molecular weight excluding hydrogens is 881 g/mol. The van der Waals surface area contributed by atoms with Crippen LogP contribution < -0.4 is 10.6 Å². The second-order valence-corrected chi connectivity index (χ2v) is 21.8. The lowest BCUT2D eigenvalue weighted by Crippen LogP contribution is -2.51. The number of alkyl carbamates (subject to hydrolysis) is 2. The number of amides is 4. The average molecular weight is 945 g/mol. The van der Waals surface area contributed by atoms with Crippen molar-refractivity contribution in [1.82, 2.24) is 40.4 Å². The lowest BCUT2D eigenvalue weighted by molar-refractivity contribution is -0.136. The molecule has 14 heteroatoms. The number of benzene rings is 4. The second kappa shape index (κ2) is 17.6. The summed E-state index contributed by atoms with van der Waals surface area (Å²) in [6, 6.07) is 25.1. The van der Waals surface area contributed by atoms with Gasteiger partial charge in [-0.3, -0.25) is 9.59 Å². The highest BCUT2D eigenvalue weighted by Gasteiger charge is 2.56. The maximum Gasteiger partial charge on any atom is 0.407 e. The van der Waals surface area contributed by atoms with Crippen LogP contribution in [0.15, 0.2) is 72.8 Å². The van der Waals surface area contributed by atoms with Gasteiger partial charge in [-0.15, -0.1) is 0 Å². The number of likely N-dealkylation sites (tertiary alicyclic amines) is 2. The predicted molar refractivity (Wildman–Crippen MR) is 268 cm³/mol. The summed E-state index contributed by atoms with van der Waals surface area (Å²) in [5.41, 5.74) is 13.6. The molecule has 2 saturated heterocycles. The highest BCUT2D eigenvalue weighted by Crippen LogP contribution is 2.59. The number of ether oxygens (including phenoxy) is 2. The van der Waals surface area contributed by atoms with Gasteiger partial charge in [0.25, 0.3) is 0 Å². The van der Waals surface area contributed by atoms with Crippen LogP contribution in [-0.4, -0.2) is 93.1 Å². The van der Waals surface area contributed by atoms with E-state index in [1.807, 2.05) is 37.5 Å². The highest BCUT2D eigenvalue weighted by atomic mass is 16.5. The molecule has 4 amide bonds. The van der Waals surface area contributed by atoms with Crippen molar-refractivity contribution in [3.8, 4) is 22.3 Å². The van der Waals surface area contributed by atoms with Crippen LogP contribution in [0.5, 0.6) is 0 Å². The lowest BCUT2D eigenvalue weighted by Gasteiger charge is -2.30. The number of aryl methyl sites for hydroxylation is 4. The Balaban J connectivity index is 0.838. The van der Waals surface area contributed by atoms with Gasteiger partial charge in [0.2, 0.25) is 11.8 Å². The molecule has 2 aromatic heterocycles. The third kappa shape index (κ3) is 8.57. The van der Waals surface area contributed by atoms with E-state index in [4.69, 9.17) is 19.4 Å². The predicted octanol–water partition coefficient (Wildman–Crippen LogP) is 9.53. The van der Waals surface area contributed by atoms with Gasteiger partial charge in [0, 0.05) is 13.1 Å². The van der Waals surface area contributed by atoms with E-state index in [-0.39, 0.29) is 46.6 Å². The fourth-order valence-electron chi connectivity index (χ4n) is 11.7. The summed E-state index contributed by atoms with van der Waals surface area (Å²) < 4.78 is 9.75. The molecule has 14 rings (SSSR count). The van der Waals surface area contributed by atoms with E-state index in [9.17, 15) is 19.2 Å². The fourth-order valence-corrected chi connectivity index (χ4v) is 11.7. The fraction of sp³-hybridized carbons (Fsp3) is 0.464. The van der Waals surface area contributed by atoms with Crippen molar-refractivity contribution >= 4 is 46.1 Å². The van der Waals surface area contributed by atoms with Gasteiger partial charge in [0.15, 0.2) is 0 Å². The molecule has 70 heavy (non-hydrogen) atoms. The quantitative estimate of drug-likeness (QED) is 0.105. The number of aromatic amines is 2. The summed E-state index contributed by atoms with van der Waals surface area (Å²) >= 11 is 0. The Morgan fingerprint density at radius 1 is 0.586 bits per heavy atom. The Hall–Kier alpha value is -6.70. The number of aromatic nitrogens is 4. The average Bonchev–Trinajstić information content (AvgIpc) is 4.00. The lowest BCUT2D eigenvalue weighted by atomic mass is 9.87. The van der Waals surface area contributed by atoms with Crippen molar-refractivity contribution < 1.29 is 28.7 Å². The number of rotatable bonds is 10. The maximum atomic E-state index is 14.1. The zero-order valence-corrected chi connectivity index (χ0v) is 41.1. The third-order valence-corrected chi connectivity index (χ3v) is 16.3. The minimum Gasteiger partial charge on any atom is -0.453 e. The molecule has 4 bridgehead atoms. The number of imidazole rings is 2. The van der Waals surface area contributed by atoms with E-state index in [0.29, 0.717) is 13.1 Å². The molecule has 6 aliphatic carbocycles. The van der Waals surface area contributed by atoms with Crippen LogP contribution in [0.4, 0.5) is 9.59 Å². The highest BCUT2D eigenvalue weighted by molar-refractivity contribution is 5.89. The number of nitrogens with zero attached hydrogens (tertiary/aromatic N) is 4. The number of nitrogens with one attached hydrogen (secondary N) is 4. The van der Waals surface area contributed by atoms with Crippen LogP contribution in [0.25, 0.3) is 44.3 Å². The van der Waals surface area contributed by atoms with E-state index in [2.05, 4.69) is 93.4 Å². The molecule has 4 fully saturated rings. The van der Waals surface area contributed by atoms with Gasteiger partial charge in [-0.2, -0.15) is 0 Å². The van der Waals surface area contributed by atoms with Gasteiger partial charge in [0.1, 0.15) is 23.7 Å². The molecule has 2 saturated carbocycles. The van der Waals surface area contributed by atoms with Crippen LogP contribution in [-0.2, 0) is 44.7 Å². The first-order valence-electron chi connectivity index (χ1n) is 25.3. The zero-order chi connectivity index (χ0) is 48.6. The largest absolute Gasteiger partial charge is 0.453 e. The molecule has 0 radical (unpaired) electrons. The molecule has 6 aromatic rings. The van der Waals surface area contributed by atoms with Gasteiger partial charge in [-0.25, -0.2) is 19.6 Å². The van der Waals surface area contributed by atoms with Gasteiger partial charge < -0.3 is 39.9 Å².